The van der Waals surface area contributed by atoms with E-state index < -0.39 is 5.54 Å². The van der Waals surface area contributed by atoms with Crippen LogP contribution in [0.25, 0.3) is 0 Å². The normalized spacial score (nSPS) is 20.7. The lowest BCUT2D eigenvalue weighted by Crippen LogP contribution is -2.55. The highest BCUT2D eigenvalue weighted by atomic mass is 32.1. The smallest absolute Gasteiger partial charge is 0.262 e. The Morgan fingerprint density at radius 1 is 1.32 bits per heavy atom. The minimum atomic E-state index is -1.01. The van der Waals surface area contributed by atoms with Gasteiger partial charge >= 0.3 is 0 Å². The molecule has 0 aliphatic carbocycles. The Morgan fingerprint density at radius 3 is 2.68 bits per heavy atom. The lowest BCUT2D eigenvalue weighted by Gasteiger charge is -2.30. The van der Waals surface area contributed by atoms with Crippen LogP contribution in [0, 0.1) is 6.92 Å². The summed E-state index contributed by atoms with van der Waals surface area (Å²) in [6.07, 6.45) is 0. The molecule has 0 spiro atoms. The van der Waals surface area contributed by atoms with Crippen molar-refractivity contribution in [3.63, 3.8) is 0 Å². The number of likely N-dealkylation sites (tertiary alicyclic amines) is 1. The van der Waals surface area contributed by atoms with E-state index in [2.05, 4.69) is 5.32 Å². The van der Waals surface area contributed by atoms with E-state index >= 15 is 0 Å². The van der Waals surface area contributed by atoms with Gasteiger partial charge in [0.1, 0.15) is 17.1 Å². The molecule has 3 heterocycles. The molecular formula is C18H23N3O3S. The Balaban J connectivity index is 1.68. The predicted octanol–water partition coefficient (Wildman–Crippen LogP) is 2.11. The first-order chi connectivity index (χ1) is 11.8. The Hall–Kier alpha value is -2.12. The van der Waals surface area contributed by atoms with Gasteiger partial charge < -0.3 is 20.4 Å². The first-order valence-corrected chi connectivity index (χ1v) is 9.13. The average molecular weight is 361 g/mol. The number of nitrogens with one attached hydrogen (secondary N) is 1. The molecule has 2 aromatic heterocycles. The monoisotopic (exact) mass is 361 g/mol. The van der Waals surface area contributed by atoms with Crippen molar-refractivity contribution in [2.45, 2.75) is 38.3 Å². The van der Waals surface area contributed by atoms with E-state index in [1.54, 1.807) is 24.8 Å². The number of amides is 2. The van der Waals surface area contributed by atoms with Crippen LogP contribution in [0.1, 0.15) is 41.0 Å². The molecule has 7 heteroatoms. The van der Waals surface area contributed by atoms with Gasteiger partial charge in [-0.3, -0.25) is 9.59 Å². The molecule has 2 aromatic rings. The molecule has 25 heavy (non-hydrogen) atoms. The number of carbonyl (C=O) groups is 2. The zero-order valence-electron chi connectivity index (χ0n) is 14.6. The zero-order chi connectivity index (χ0) is 18.2. The first-order valence-electron chi connectivity index (χ1n) is 8.25. The van der Waals surface area contributed by atoms with Gasteiger partial charge in [0.25, 0.3) is 5.91 Å². The Labute approximate surface area is 151 Å². The molecule has 1 aliphatic heterocycles. The maximum atomic E-state index is 12.9. The number of rotatable bonds is 4. The molecule has 3 rings (SSSR count). The van der Waals surface area contributed by atoms with Crippen LogP contribution >= 0.6 is 11.3 Å². The summed E-state index contributed by atoms with van der Waals surface area (Å²) >= 11 is 1.35. The summed E-state index contributed by atoms with van der Waals surface area (Å²) in [5.41, 5.74) is 5.23. The third-order valence-electron chi connectivity index (χ3n) is 4.48. The molecule has 1 saturated heterocycles. The fourth-order valence-corrected chi connectivity index (χ4v) is 3.77. The highest BCUT2D eigenvalue weighted by molar-refractivity contribution is 7.12. The number of hydrogen-bond acceptors (Lipinski definition) is 5. The van der Waals surface area contributed by atoms with E-state index in [1.807, 2.05) is 30.5 Å². The van der Waals surface area contributed by atoms with Gasteiger partial charge in [-0.1, -0.05) is 6.07 Å². The summed E-state index contributed by atoms with van der Waals surface area (Å²) in [5.74, 6) is 1.23. The minimum absolute atomic E-state index is 0.0264. The molecule has 1 aliphatic rings. The third-order valence-corrected chi connectivity index (χ3v) is 5.35. The lowest BCUT2D eigenvalue weighted by molar-refractivity contribution is -0.135. The second-order valence-corrected chi connectivity index (χ2v) is 7.93. The molecule has 134 valence electrons. The van der Waals surface area contributed by atoms with Gasteiger partial charge in [0.2, 0.25) is 5.91 Å². The fraction of sp³-hybridized carbons (Fsp3) is 0.444. The summed E-state index contributed by atoms with van der Waals surface area (Å²) in [6.45, 7) is 6.26. The van der Waals surface area contributed by atoms with Crippen molar-refractivity contribution in [1.82, 2.24) is 10.2 Å². The Bertz CT molecular complexity index is 766. The number of thiophene rings is 1. The van der Waals surface area contributed by atoms with Crippen LogP contribution in [0.15, 0.2) is 34.1 Å². The number of nitrogens with two attached hydrogens (primary N) is 1. The van der Waals surface area contributed by atoms with Gasteiger partial charge in [-0.05, 0) is 44.4 Å². The van der Waals surface area contributed by atoms with Crippen LogP contribution in [0.4, 0.5) is 0 Å². The number of hydrogen-bond donors (Lipinski definition) is 2. The van der Waals surface area contributed by atoms with E-state index in [1.165, 1.54) is 11.3 Å². The predicted molar refractivity (Wildman–Crippen MR) is 96.6 cm³/mol. The fourth-order valence-electron chi connectivity index (χ4n) is 3.15. The van der Waals surface area contributed by atoms with Crippen LogP contribution in [0.5, 0.6) is 0 Å². The Kier molecular flexibility index (Phi) is 4.71. The highest BCUT2D eigenvalue weighted by Gasteiger charge is 2.41. The van der Waals surface area contributed by atoms with Crippen LogP contribution < -0.4 is 11.1 Å². The van der Waals surface area contributed by atoms with Crippen molar-refractivity contribution in [2.24, 2.45) is 5.73 Å². The lowest BCUT2D eigenvalue weighted by atomic mass is 10.0. The molecule has 6 nitrogen and oxygen atoms in total. The summed E-state index contributed by atoms with van der Waals surface area (Å²) in [5, 5.41) is 4.66. The number of aryl methyl sites for hydroxylation is 1. The molecule has 0 bridgehead atoms. The zero-order valence-corrected chi connectivity index (χ0v) is 15.4. The summed E-state index contributed by atoms with van der Waals surface area (Å²) in [4.78, 5) is 27.5. The van der Waals surface area contributed by atoms with Gasteiger partial charge in [-0.2, -0.15) is 0 Å². The average Bonchev–Trinajstić information content (AvgIpc) is 3.26. The van der Waals surface area contributed by atoms with Crippen molar-refractivity contribution >= 4 is 23.2 Å². The van der Waals surface area contributed by atoms with Gasteiger partial charge in [-0.25, -0.2) is 0 Å². The van der Waals surface area contributed by atoms with Crippen LogP contribution in [-0.2, 0) is 4.79 Å². The number of nitrogens with zero attached hydrogens (tertiary/aromatic N) is 1. The van der Waals surface area contributed by atoms with Gasteiger partial charge in [0.15, 0.2) is 0 Å². The summed E-state index contributed by atoms with van der Waals surface area (Å²) in [7, 11) is 0. The second-order valence-electron chi connectivity index (χ2n) is 6.99. The Morgan fingerprint density at radius 2 is 2.08 bits per heavy atom. The quantitative estimate of drug-likeness (QED) is 0.873. The molecule has 2 atom stereocenters. The molecule has 0 aromatic carbocycles. The van der Waals surface area contributed by atoms with Crippen molar-refractivity contribution < 1.29 is 14.0 Å². The summed E-state index contributed by atoms with van der Waals surface area (Å²) < 4.78 is 5.68. The van der Waals surface area contributed by atoms with Crippen molar-refractivity contribution in [3.8, 4) is 0 Å². The number of furan rings is 1. The highest BCUT2D eigenvalue weighted by Crippen LogP contribution is 2.29. The van der Waals surface area contributed by atoms with Gasteiger partial charge in [-0.15, -0.1) is 11.3 Å². The summed E-state index contributed by atoms with van der Waals surface area (Å²) in [6, 6.07) is 7.18. The molecule has 0 saturated carbocycles. The molecular weight excluding hydrogens is 338 g/mol. The maximum absolute atomic E-state index is 12.9. The largest absolute Gasteiger partial charge is 0.466 e. The van der Waals surface area contributed by atoms with Crippen molar-refractivity contribution in [2.75, 3.05) is 13.1 Å². The van der Waals surface area contributed by atoms with E-state index in [0.29, 0.717) is 18.0 Å². The standard InChI is InChI=1S/C18H23N3O3S/c1-11-6-7-14(24-11)12-9-21(10-13(12)19)17(23)18(2,3)20-16(22)15-5-4-8-25-15/h4-8,12-13H,9-10,19H2,1-3H3,(H,20,22). The third kappa shape index (κ3) is 3.62. The van der Waals surface area contributed by atoms with Crippen LogP contribution in [0.2, 0.25) is 0 Å². The molecule has 2 unspecified atom stereocenters. The van der Waals surface area contributed by atoms with Crippen LogP contribution in [0.3, 0.4) is 0 Å². The van der Waals surface area contributed by atoms with E-state index in [0.717, 1.165) is 11.5 Å². The number of carbonyl (C=O) groups excluding carboxylic acids is 2. The first kappa shape index (κ1) is 17.7. The minimum Gasteiger partial charge on any atom is -0.466 e. The van der Waals surface area contributed by atoms with Crippen molar-refractivity contribution in [1.29, 1.82) is 0 Å². The van der Waals surface area contributed by atoms with E-state index in [-0.39, 0.29) is 23.8 Å². The van der Waals surface area contributed by atoms with Gasteiger partial charge in [0.05, 0.1) is 10.8 Å². The van der Waals surface area contributed by atoms with E-state index in [4.69, 9.17) is 10.2 Å². The van der Waals surface area contributed by atoms with Crippen LogP contribution in [-0.4, -0.2) is 41.4 Å². The molecule has 3 N–H and O–H groups in total. The molecule has 2 amide bonds. The maximum Gasteiger partial charge on any atom is 0.262 e. The molecule has 0 radical (unpaired) electrons. The second kappa shape index (κ2) is 6.65. The van der Waals surface area contributed by atoms with E-state index in [9.17, 15) is 9.59 Å². The van der Waals surface area contributed by atoms with Gasteiger partial charge in [0, 0.05) is 19.1 Å². The topological polar surface area (TPSA) is 88.6 Å². The van der Waals surface area contributed by atoms with Crippen molar-refractivity contribution in [3.05, 3.63) is 46.0 Å². The SMILES string of the molecule is Cc1ccc(C2CN(C(=O)C(C)(C)NC(=O)c3cccs3)CC2N)o1. The molecule has 1 fully saturated rings.